The van der Waals surface area contributed by atoms with Gasteiger partial charge in [-0.3, -0.25) is 0 Å². The zero-order valence-electron chi connectivity index (χ0n) is 31.7. The lowest BCUT2D eigenvalue weighted by Crippen LogP contribution is -2.12. The van der Waals surface area contributed by atoms with Crippen LogP contribution in [-0.4, -0.2) is 0 Å². The Morgan fingerprint density at radius 2 is 0.707 bits per heavy atom. The third-order valence-electron chi connectivity index (χ3n) is 11.5. The normalized spacial score (nSPS) is 11.4. The molecule has 0 bridgehead atoms. The van der Waals surface area contributed by atoms with Crippen LogP contribution >= 0.6 is 11.3 Å². The molecule has 272 valence electrons. The van der Waals surface area contributed by atoms with Gasteiger partial charge in [0.05, 0.1) is 11.4 Å². The summed E-state index contributed by atoms with van der Waals surface area (Å²) in [4.78, 5) is 2.48. The number of hydrogen-bond donors (Lipinski definition) is 0. The second kappa shape index (κ2) is 14.4. The Balaban J connectivity index is 1.15. The summed E-state index contributed by atoms with van der Waals surface area (Å²) in [7, 11) is 0. The van der Waals surface area contributed by atoms with Crippen LogP contribution in [0.4, 0.5) is 17.1 Å². The first kappa shape index (κ1) is 34.0. The molecule has 58 heavy (non-hydrogen) atoms. The van der Waals surface area contributed by atoms with E-state index in [1.54, 1.807) is 0 Å². The number of para-hydroxylation sites is 2. The Hall–Kier alpha value is -7.26. The van der Waals surface area contributed by atoms with Gasteiger partial charge in [-0.2, -0.15) is 0 Å². The van der Waals surface area contributed by atoms with E-state index in [9.17, 15) is 0 Å². The van der Waals surface area contributed by atoms with E-state index < -0.39 is 0 Å². The number of thiophene rings is 1. The highest BCUT2D eigenvalue weighted by molar-refractivity contribution is 7.26. The lowest BCUT2D eigenvalue weighted by atomic mass is 9.90. The van der Waals surface area contributed by atoms with Gasteiger partial charge < -0.3 is 4.90 Å². The minimum Gasteiger partial charge on any atom is -0.309 e. The van der Waals surface area contributed by atoms with Crippen LogP contribution in [0.5, 0.6) is 0 Å². The Labute approximate surface area is 342 Å². The number of anilines is 3. The molecular formula is C56H37NS. The SMILES string of the molecule is c1ccc(-c2cccc3ccccc23)c(-c2ccccc2N(c2ccc(-c3cccc4ccccc34)cc2)c2ccccc2-c2cccc3c2sc2ccccc23)c1. The van der Waals surface area contributed by atoms with Gasteiger partial charge in [0.15, 0.2) is 0 Å². The van der Waals surface area contributed by atoms with Crippen molar-refractivity contribution in [1.29, 1.82) is 0 Å². The van der Waals surface area contributed by atoms with Gasteiger partial charge in [-0.25, -0.2) is 0 Å². The first-order valence-corrected chi connectivity index (χ1v) is 20.7. The molecule has 1 aromatic heterocycles. The van der Waals surface area contributed by atoms with E-state index in [1.807, 2.05) is 11.3 Å². The Morgan fingerprint density at radius 3 is 1.40 bits per heavy atom. The van der Waals surface area contributed by atoms with Gasteiger partial charge in [0.25, 0.3) is 0 Å². The molecule has 0 N–H and O–H groups in total. The van der Waals surface area contributed by atoms with Crippen molar-refractivity contribution in [2.24, 2.45) is 0 Å². The summed E-state index contributed by atoms with van der Waals surface area (Å²) in [5.41, 5.74) is 13.0. The quantitative estimate of drug-likeness (QED) is 0.157. The number of fused-ring (bicyclic) bond motifs is 5. The lowest BCUT2D eigenvalue weighted by molar-refractivity contribution is 1.28. The molecule has 2 heteroatoms. The van der Waals surface area contributed by atoms with E-state index in [0.717, 1.165) is 17.1 Å². The largest absolute Gasteiger partial charge is 0.309 e. The zero-order valence-corrected chi connectivity index (χ0v) is 32.5. The maximum Gasteiger partial charge on any atom is 0.0540 e. The summed E-state index contributed by atoms with van der Waals surface area (Å²) >= 11 is 1.88. The molecule has 0 atom stereocenters. The van der Waals surface area contributed by atoms with Gasteiger partial charge in [-0.15, -0.1) is 11.3 Å². The zero-order chi connectivity index (χ0) is 38.4. The maximum atomic E-state index is 2.48. The van der Waals surface area contributed by atoms with E-state index >= 15 is 0 Å². The molecule has 11 rings (SSSR count). The number of hydrogen-bond acceptors (Lipinski definition) is 2. The molecule has 11 aromatic rings. The van der Waals surface area contributed by atoms with Crippen molar-refractivity contribution in [1.82, 2.24) is 0 Å². The second-order valence-electron chi connectivity index (χ2n) is 14.8. The first-order chi connectivity index (χ1) is 28.8. The molecule has 0 fully saturated rings. The van der Waals surface area contributed by atoms with Crippen LogP contribution in [0.1, 0.15) is 0 Å². The fourth-order valence-electron chi connectivity index (χ4n) is 8.84. The molecule has 0 aliphatic heterocycles. The minimum atomic E-state index is 1.09. The third-order valence-corrected chi connectivity index (χ3v) is 12.7. The van der Waals surface area contributed by atoms with Crippen molar-refractivity contribution >= 4 is 70.1 Å². The molecule has 0 saturated heterocycles. The average molecular weight is 756 g/mol. The van der Waals surface area contributed by atoms with Crippen LogP contribution in [0.3, 0.4) is 0 Å². The molecule has 0 saturated carbocycles. The fourth-order valence-corrected chi connectivity index (χ4v) is 10.1. The fraction of sp³-hybridized carbons (Fsp3) is 0. The molecule has 1 heterocycles. The topological polar surface area (TPSA) is 3.24 Å². The molecule has 0 aliphatic rings. The molecule has 10 aromatic carbocycles. The summed E-state index contributed by atoms with van der Waals surface area (Å²) in [5, 5.41) is 7.58. The number of benzene rings is 10. The molecule has 0 aliphatic carbocycles. The van der Waals surface area contributed by atoms with Crippen LogP contribution in [-0.2, 0) is 0 Å². The van der Waals surface area contributed by atoms with E-state index in [1.165, 1.54) is 86.2 Å². The van der Waals surface area contributed by atoms with Gasteiger partial charge in [0.2, 0.25) is 0 Å². The minimum absolute atomic E-state index is 1.09. The second-order valence-corrected chi connectivity index (χ2v) is 15.8. The summed E-state index contributed by atoms with van der Waals surface area (Å²) in [6.45, 7) is 0. The van der Waals surface area contributed by atoms with E-state index in [2.05, 4.69) is 229 Å². The highest BCUT2D eigenvalue weighted by Crippen LogP contribution is 2.49. The standard InChI is InChI=1S/C56H37NS/c1-3-20-42-38(16-1)18-13-27-43(42)40-34-36-41(37-35-40)57(54-32-11-8-25-49(54)51-29-15-30-52-50-26-9-12-33-55(50)58-56(51)52)53-31-10-7-24-48(53)47-23-6-5-22-46(47)45-28-14-19-39-17-2-4-21-44(39)45/h1-37H. The third kappa shape index (κ3) is 5.77. The van der Waals surface area contributed by atoms with Gasteiger partial charge in [-0.05, 0) is 79.7 Å². The maximum absolute atomic E-state index is 2.48. The molecule has 0 spiro atoms. The lowest BCUT2D eigenvalue weighted by Gasteiger charge is -2.30. The van der Waals surface area contributed by atoms with Crippen LogP contribution in [0.15, 0.2) is 224 Å². The molecule has 0 amide bonds. The smallest absolute Gasteiger partial charge is 0.0540 e. The van der Waals surface area contributed by atoms with Gasteiger partial charge >= 0.3 is 0 Å². The number of nitrogens with zero attached hydrogens (tertiary/aromatic N) is 1. The van der Waals surface area contributed by atoms with Crippen molar-refractivity contribution in [2.75, 3.05) is 4.90 Å². The van der Waals surface area contributed by atoms with Crippen LogP contribution < -0.4 is 4.90 Å². The molecule has 1 nitrogen and oxygen atoms in total. The Morgan fingerprint density at radius 1 is 0.276 bits per heavy atom. The highest BCUT2D eigenvalue weighted by atomic mass is 32.1. The van der Waals surface area contributed by atoms with E-state index in [-0.39, 0.29) is 0 Å². The predicted octanol–water partition coefficient (Wildman–Crippen LogP) is 16.5. The van der Waals surface area contributed by atoms with Crippen LogP contribution in [0.2, 0.25) is 0 Å². The summed E-state index contributed by atoms with van der Waals surface area (Å²) in [5.74, 6) is 0. The van der Waals surface area contributed by atoms with Crippen molar-refractivity contribution < 1.29 is 0 Å². The van der Waals surface area contributed by atoms with Crippen molar-refractivity contribution in [2.45, 2.75) is 0 Å². The Kier molecular flexibility index (Phi) is 8.42. The first-order valence-electron chi connectivity index (χ1n) is 19.8. The van der Waals surface area contributed by atoms with Gasteiger partial charge in [0, 0.05) is 42.6 Å². The van der Waals surface area contributed by atoms with E-state index in [4.69, 9.17) is 0 Å². The molecule has 0 unspecified atom stereocenters. The van der Waals surface area contributed by atoms with Gasteiger partial charge in [-0.1, -0.05) is 194 Å². The van der Waals surface area contributed by atoms with Gasteiger partial charge in [0.1, 0.15) is 0 Å². The molecule has 0 radical (unpaired) electrons. The predicted molar refractivity (Wildman–Crippen MR) is 251 cm³/mol. The van der Waals surface area contributed by atoms with Crippen molar-refractivity contribution in [3.05, 3.63) is 224 Å². The summed E-state index contributed by atoms with van der Waals surface area (Å²) in [6.07, 6.45) is 0. The Bertz CT molecular complexity index is 3290. The van der Waals surface area contributed by atoms with Crippen LogP contribution in [0.25, 0.3) is 86.2 Å². The summed E-state index contributed by atoms with van der Waals surface area (Å²) in [6, 6.07) is 82.0. The van der Waals surface area contributed by atoms with Crippen LogP contribution in [0, 0.1) is 0 Å². The monoisotopic (exact) mass is 755 g/mol. The highest BCUT2D eigenvalue weighted by Gasteiger charge is 2.23. The molecular weight excluding hydrogens is 719 g/mol. The van der Waals surface area contributed by atoms with E-state index in [0.29, 0.717) is 0 Å². The summed E-state index contributed by atoms with van der Waals surface area (Å²) < 4.78 is 2.61. The average Bonchev–Trinajstić information content (AvgIpc) is 3.69. The number of rotatable bonds is 7. The van der Waals surface area contributed by atoms with Crippen molar-refractivity contribution in [3.63, 3.8) is 0 Å². The van der Waals surface area contributed by atoms with Crippen molar-refractivity contribution in [3.8, 4) is 44.5 Å².